The van der Waals surface area contributed by atoms with Gasteiger partial charge in [-0.2, -0.15) is 0 Å². The van der Waals surface area contributed by atoms with Crippen molar-refractivity contribution < 1.29 is 4.74 Å². The third kappa shape index (κ3) is 2.94. The molecular formula is C19H21ClO. The van der Waals surface area contributed by atoms with Gasteiger partial charge in [-0.3, -0.25) is 0 Å². The third-order valence-corrected chi connectivity index (χ3v) is 4.84. The quantitative estimate of drug-likeness (QED) is 0.665. The molecule has 1 heterocycles. The molecule has 0 aliphatic carbocycles. The predicted molar refractivity (Wildman–Crippen MR) is 88.4 cm³/mol. The Morgan fingerprint density at radius 3 is 2.38 bits per heavy atom. The summed E-state index contributed by atoms with van der Waals surface area (Å²) in [5.41, 5.74) is 3.79. The highest BCUT2D eigenvalue weighted by atomic mass is 35.5. The molecule has 0 saturated heterocycles. The van der Waals surface area contributed by atoms with Crippen LogP contribution in [0, 0.1) is 0 Å². The fourth-order valence-corrected chi connectivity index (χ4v) is 3.38. The van der Waals surface area contributed by atoms with E-state index < -0.39 is 0 Å². The van der Waals surface area contributed by atoms with Crippen molar-refractivity contribution in [2.75, 3.05) is 6.61 Å². The SMILES string of the molecule is CC(C)c1ccc(C(Cl)C2CCOc3ccccc32)cc1. The lowest BCUT2D eigenvalue weighted by molar-refractivity contribution is 0.265. The smallest absolute Gasteiger partial charge is 0.122 e. The van der Waals surface area contributed by atoms with Crippen LogP contribution in [0.1, 0.15) is 54.2 Å². The summed E-state index contributed by atoms with van der Waals surface area (Å²) in [5, 5.41) is -0.00346. The highest BCUT2D eigenvalue weighted by Crippen LogP contribution is 2.44. The van der Waals surface area contributed by atoms with Gasteiger partial charge in [0, 0.05) is 5.92 Å². The summed E-state index contributed by atoms with van der Waals surface area (Å²) in [6.45, 7) is 5.17. The number of rotatable bonds is 3. The van der Waals surface area contributed by atoms with Gasteiger partial charge >= 0.3 is 0 Å². The number of hydrogen-bond acceptors (Lipinski definition) is 1. The Kier molecular flexibility index (Phi) is 4.21. The molecule has 1 nitrogen and oxygen atoms in total. The van der Waals surface area contributed by atoms with Crippen LogP contribution >= 0.6 is 11.6 Å². The number of fused-ring (bicyclic) bond motifs is 1. The average molecular weight is 301 g/mol. The van der Waals surface area contributed by atoms with E-state index in [2.05, 4.69) is 50.2 Å². The van der Waals surface area contributed by atoms with E-state index in [1.807, 2.05) is 12.1 Å². The van der Waals surface area contributed by atoms with E-state index in [-0.39, 0.29) is 5.38 Å². The van der Waals surface area contributed by atoms with Crippen molar-refractivity contribution >= 4 is 11.6 Å². The summed E-state index contributed by atoms with van der Waals surface area (Å²) in [6.07, 6.45) is 0.969. The molecule has 1 aliphatic rings. The molecule has 0 radical (unpaired) electrons. The van der Waals surface area contributed by atoms with Crippen molar-refractivity contribution in [1.29, 1.82) is 0 Å². The van der Waals surface area contributed by atoms with Gasteiger partial charge in [-0.25, -0.2) is 0 Å². The highest BCUT2D eigenvalue weighted by molar-refractivity contribution is 6.21. The Labute approximate surface area is 131 Å². The first-order valence-electron chi connectivity index (χ1n) is 7.62. The first-order chi connectivity index (χ1) is 10.2. The lowest BCUT2D eigenvalue weighted by Crippen LogP contribution is -2.17. The van der Waals surface area contributed by atoms with Gasteiger partial charge in [-0.05, 0) is 35.1 Å². The number of hydrogen-bond donors (Lipinski definition) is 0. The van der Waals surface area contributed by atoms with Crippen LogP contribution in [-0.4, -0.2) is 6.61 Å². The molecule has 110 valence electrons. The van der Waals surface area contributed by atoms with Gasteiger partial charge in [0.1, 0.15) is 5.75 Å². The lowest BCUT2D eigenvalue weighted by Gasteiger charge is -2.29. The Bertz CT molecular complexity index is 603. The third-order valence-electron chi connectivity index (χ3n) is 4.28. The Hall–Kier alpha value is -1.47. The van der Waals surface area contributed by atoms with Crippen LogP contribution in [0.3, 0.4) is 0 Å². The lowest BCUT2D eigenvalue weighted by atomic mass is 9.86. The first kappa shape index (κ1) is 14.5. The van der Waals surface area contributed by atoms with Gasteiger partial charge in [-0.15, -0.1) is 11.6 Å². The standard InChI is InChI=1S/C19H21ClO/c1-13(2)14-7-9-15(10-8-14)19(20)17-11-12-21-18-6-4-3-5-16(17)18/h3-10,13,17,19H,11-12H2,1-2H3. The largest absolute Gasteiger partial charge is 0.493 e. The molecule has 0 saturated carbocycles. The topological polar surface area (TPSA) is 9.23 Å². The molecule has 1 aliphatic heterocycles. The predicted octanol–water partition coefficient (Wildman–Crippen LogP) is 5.66. The number of alkyl halides is 1. The van der Waals surface area contributed by atoms with Crippen molar-refractivity contribution in [2.45, 2.75) is 37.5 Å². The van der Waals surface area contributed by atoms with Crippen LogP contribution in [0.2, 0.25) is 0 Å². The molecule has 3 rings (SSSR count). The molecule has 21 heavy (non-hydrogen) atoms. The normalized spacial score (nSPS) is 19.0. The minimum Gasteiger partial charge on any atom is -0.493 e. The molecule has 0 N–H and O–H groups in total. The summed E-state index contributed by atoms with van der Waals surface area (Å²) in [5.74, 6) is 1.86. The van der Waals surface area contributed by atoms with Gasteiger partial charge in [0.15, 0.2) is 0 Å². The van der Waals surface area contributed by atoms with E-state index in [4.69, 9.17) is 16.3 Å². The summed E-state index contributed by atoms with van der Waals surface area (Å²) < 4.78 is 5.73. The second kappa shape index (κ2) is 6.11. The molecular weight excluding hydrogens is 280 g/mol. The monoisotopic (exact) mass is 300 g/mol. The fraction of sp³-hybridized carbons (Fsp3) is 0.368. The number of benzene rings is 2. The summed E-state index contributed by atoms with van der Waals surface area (Å²) in [4.78, 5) is 0. The summed E-state index contributed by atoms with van der Waals surface area (Å²) in [6, 6.07) is 17.0. The fourth-order valence-electron chi connectivity index (χ4n) is 2.97. The van der Waals surface area contributed by atoms with Gasteiger partial charge in [-0.1, -0.05) is 56.3 Å². The Balaban J connectivity index is 1.87. The van der Waals surface area contributed by atoms with Crippen LogP contribution in [0.5, 0.6) is 5.75 Å². The number of ether oxygens (including phenoxy) is 1. The maximum Gasteiger partial charge on any atom is 0.122 e. The maximum atomic E-state index is 6.79. The molecule has 0 aromatic heterocycles. The van der Waals surface area contributed by atoms with E-state index in [0.29, 0.717) is 11.8 Å². The molecule has 0 amide bonds. The zero-order chi connectivity index (χ0) is 14.8. The van der Waals surface area contributed by atoms with Gasteiger partial charge in [0.25, 0.3) is 0 Å². The Morgan fingerprint density at radius 2 is 1.67 bits per heavy atom. The molecule has 2 unspecified atom stereocenters. The zero-order valence-corrected chi connectivity index (χ0v) is 13.3. The molecule has 0 bridgehead atoms. The number of halogens is 1. The van der Waals surface area contributed by atoms with Gasteiger partial charge in [0.05, 0.1) is 12.0 Å². The van der Waals surface area contributed by atoms with Gasteiger partial charge in [0.2, 0.25) is 0 Å². The first-order valence-corrected chi connectivity index (χ1v) is 8.06. The summed E-state index contributed by atoms with van der Waals surface area (Å²) >= 11 is 6.79. The molecule has 2 aromatic carbocycles. The minimum absolute atomic E-state index is 0.00346. The van der Waals surface area contributed by atoms with Crippen molar-refractivity contribution in [2.24, 2.45) is 0 Å². The highest BCUT2D eigenvalue weighted by Gasteiger charge is 2.28. The second-order valence-corrected chi connectivity index (χ2v) is 6.47. The number of para-hydroxylation sites is 1. The zero-order valence-electron chi connectivity index (χ0n) is 12.6. The van der Waals surface area contributed by atoms with Crippen molar-refractivity contribution in [3.05, 3.63) is 65.2 Å². The van der Waals surface area contributed by atoms with Crippen molar-refractivity contribution in [3.63, 3.8) is 0 Å². The van der Waals surface area contributed by atoms with Crippen LogP contribution in [-0.2, 0) is 0 Å². The second-order valence-electron chi connectivity index (χ2n) is 6.00. The van der Waals surface area contributed by atoms with E-state index >= 15 is 0 Å². The van der Waals surface area contributed by atoms with E-state index in [1.165, 1.54) is 16.7 Å². The molecule has 2 aromatic rings. The molecule has 0 fully saturated rings. The van der Waals surface area contributed by atoms with Crippen molar-refractivity contribution in [1.82, 2.24) is 0 Å². The van der Waals surface area contributed by atoms with Crippen LogP contribution in [0.25, 0.3) is 0 Å². The molecule has 0 spiro atoms. The Morgan fingerprint density at radius 1 is 1.00 bits per heavy atom. The van der Waals surface area contributed by atoms with Gasteiger partial charge < -0.3 is 4.74 Å². The van der Waals surface area contributed by atoms with Crippen LogP contribution in [0.15, 0.2) is 48.5 Å². The van der Waals surface area contributed by atoms with E-state index in [1.54, 1.807) is 0 Å². The minimum atomic E-state index is -0.00346. The van der Waals surface area contributed by atoms with E-state index in [9.17, 15) is 0 Å². The maximum absolute atomic E-state index is 6.79. The van der Waals surface area contributed by atoms with E-state index in [0.717, 1.165) is 18.8 Å². The average Bonchev–Trinajstić information content (AvgIpc) is 2.53. The van der Waals surface area contributed by atoms with Crippen LogP contribution in [0.4, 0.5) is 0 Å². The molecule has 2 atom stereocenters. The molecule has 2 heteroatoms. The van der Waals surface area contributed by atoms with Crippen LogP contribution < -0.4 is 4.74 Å². The summed E-state index contributed by atoms with van der Waals surface area (Å²) in [7, 11) is 0. The van der Waals surface area contributed by atoms with Crippen molar-refractivity contribution in [3.8, 4) is 5.75 Å².